The van der Waals surface area contributed by atoms with Crippen LogP contribution in [0.2, 0.25) is 0 Å². The van der Waals surface area contributed by atoms with Crippen LogP contribution in [0.25, 0.3) is 11.0 Å². The van der Waals surface area contributed by atoms with Crippen molar-refractivity contribution in [1.29, 1.82) is 0 Å². The van der Waals surface area contributed by atoms with Crippen molar-refractivity contribution in [3.05, 3.63) is 66.7 Å². The summed E-state index contributed by atoms with van der Waals surface area (Å²) in [6, 6.07) is 17.5. The number of anilines is 4. The molecule has 0 fully saturated rings. The minimum absolute atomic E-state index is 0. The number of nitrogens with one attached hydrogen (secondary N) is 3. The molecule has 11 nitrogen and oxygen atoms in total. The maximum atomic E-state index is 13.4. The van der Waals surface area contributed by atoms with E-state index in [1.807, 2.05) is 18.9 Å². The number of ether oxygens (including phenoxy) is 1. The van der Waals surface area contributed by atoms with Gasteiger partial charge in [0.25, 0.3) is 10.0 Å². The van der Waals surface area contributed by atoms with Crippen LogP contribution < -0.4 is 20.1 Å². The number of aromatic hydroxyl groups is 1. The number of sulfonamides is 1. The van der Waals surface area contributed by atoms with Crippen molar-refractivity contribution in [2.45, 2.75) is 19.2 Å². The molecule has 206 valence electrons. The van der Waals surface area contributed by atoms with Crippen molar-refractivity contribution in [1.82, 2.24) is 14.9 Å². The molecule has 0 bridgehead atoms. The van der Waals surface area contributed by atoms with Crippen molar-refractivity contribution in [2.24, 2.45) is 0 Å². The summed E-state index contributed by atoms with van der Waals surface area (Å²) in [7, 11) is -0.854. The number of hydrogen-bond donors (Lipinski definition) is 4. The topological polar surface area (TPSA) is 146 Å². The lowest BCUT2D eigenvalue weighted by Gasteiger charge is -2.15. The first-order valence-corrected chi connectivity index (χ1v) is 13.2. The lowest BCUT2D eigenvalue weighted by atomic mass is 10.2. The molecule has 4 N–H and O–H groups in total. The van der Waals surface area contributed by atoms with Crippen molar-refractivity contribution in [3.8, 4) is 11.5 Å². The number of phenols is 1. The number of carbonyl (C=O) groups excluding carboxylic acids is 1. The summed E-state index contributed by atoms with van der Waals surface area (Å²) in [5.41, 5.74) is 1.77. The lowest BCUT2D eigenvalue weighted by molar-refractivity contribution is -0.117. The number of rotatable bonds is 10. The Bertz CT molecular complexity index is 1580. The third kappa shape index (κ3) is 7.33. The van der Waals surface area contributed by atoms with Gasteiger partial charge in [0.1, 0.15) is 11.5 Å². The van der Waals surface area contributed by atoms with E-state index in [1.165, 1.54) is 37.4 Å². The normalized spacial score (nSPS) is 11.1. The summed E-state index contributed by atoms with van der Waals surface area (Å²) < 4.78 is 34.4. The van der Waals surface area contributed by atoms with E-state index in [1.54, 1.807) is 36.4 Å². The number of para-hydroxylation sites is 2. The monoisotopic (exact) mass is 552 g/mol. The standard InChI is InChI=1S/C26H28N6O5S.CH4/c1-4-32(2)16-24(34)27-17-8-7-9-21(14-17)38(35,36)31-26-25(29-22-10-5-6-11-23(22)30-26)28-18-12-19(33)15-20(13-18)37-3;/h5-15,33H,4,16H2,1-3H3,(H,27,34)(H,28,29)(H,30,31);1H4. The molecule has 1 aromatic heterocycles. The summed E-state index contributed by atoms with van der Waals surface area (Å²) in [5, 5.41) is 15.8. The Balaban J connectivity index is 0.00000420. The highest BCUT2D eigenvalue weighted by Crippen LogP contribution is 2.31. The molecule has 1 heterocycles. The number of amides is 1. The highest BCUT2D eigenvalue weighted by atomic mass is 32.2. The van der Waals surface area contributed by atoms with Crippen LogP contribution in [-0.4, -0.2) is 61.5 Å². The van der Waals surface area contributed by atoms with Gasteiger partial charge in [-0.3, -0.25) is 14.4 Å². The Morgan fingerprint density at radius 3 is 2.33 bits per heavy atom. The minimum atomic E-state index is -4.13. The number of phenolic OH excluding ortho intramolecular Hbond substituents is 1. The van der Waals surface area contributed by atoms with Crippen LogP contribution in [0.4, 0.5) is 23.0 Å². The van der Waals surface area contributed by atoms with Crippen LogP contribution >= 0.6 is 0 Å². The highest BCUT2D eigenvalue weighted by Gasteiger charge is 2.20. The number of nitrogens with zero attached hydrogens (tertiary/aromatic N) is 3. The van der Waals surface area contributed by atoms with Gasteiger partial charge in [-0.2, -0.15) is 0 Å². The van der Waals surface area contributed by atoms with E-state index in [0.29, 0.717) is 34.7 Å². The number of likely N-dealkylation sites (N-methyl/N-ethyl adjacent to an activating group) is 1. The van der Waals surface area contributed by atoms with Crippen molar-refractivity contribution in [3.63, 3.8) is 0 Å². The second-order valence-electron chi connectivity index (χ2n) is 8.47. The van der Waals surface area contributed by atoms with Gasteiger partial charge in [-0.15, -0.1) is 0 Å². The SMILES string of the molecule is C.CCN(C)CC(=O)Nc1cccc(S(=O)(=O)Nc2nc3ccccc3nc2Nc2cc(O)cc(OC)c2)c1. The summed E-state index contributed by atoms with van der Waals surface area (Å²) in [6.07, 6.45) is 0. The zero-order valence-corrected chi connectivity index (χ0v) is 21.9. The van der Waals surface area contributed by atoms with Gasteiger partial charge in [0.15, 0.2) is 11.6 Å². The van der Waals surface area contributed by atoms with E-state index in [9.17, 15) is 18.3 Å². The second-order valence-corrected chi connectivity index (χ2v) is 10.1. The third-order valence-corrected chi connectivity index (χ3v) is 6.91. The zero-order valence-electron chi connectivity index (χ0n) is 21.1. The van der Waals surface area contributed by atoms with Crippen LogP contribution in [-0.2, 0) is 14.8 Å². The van der Waals surface area contributed by atoms with Crippen molar-refractivity contribution < 1.29 is 23.1 Å². The first kappa shape index (κ1) is 29.1. The first-order chi connectivity index (χ1) is 18.2. The summed E-state index contributed by atoms with van der Waals surface area (Å²) in [5.74, 6) is 0.154. The molecule has 0 saturated heterocycles. The van der Waals surface area contributed by atoms with Crippen LogP contribution in [0.5, 0.6) is 11.5 Å². The molecule has 0 aliphatic heterocycles. The largest absolute Gasteiger partial charge is 0.508 e. The van der Waals surface area contributed by atoms with Gasteiger partial charge in [-0.25, -0.2) is 18.4 Å². The number of carbonyl (C=O) groups is 1. The Morgan fingerprint density at radius 1 is 0.974 bits per heavy atom. The van der Waals surface area contributed by atoms with Gasteiger partial charge in [-0.1, -0.05) is 32.5 Å². The average molecular weight is 553 g/mol. The Labute approximate surface area is 227 Å². The van der Waals surface area contributed by atoms with Crippen molar-refractivity contribution >= 4 is 50.0 Å². The Morgan fingerprint density at radius 2 is 1.67 bits per heavy atom. The van der Waals surface area contributed by atoms with Crippen LogP contribution in [0.15, 0.2) is 71.6 Å². The van der Waals surface area contributed by atoms with E-state index in [4.69, 9.17) is 4.74 Å². The fourth-order valence-electron chi connectivity index (χ4n) is 3.55. The lowest BCUT2D eigenvalue weighted by Crippen LogP contribution is -2.30. The van der Waals surface area contributed by atoms with Crippen LogP contribution in [0, 0.1) is 0 Å². The molecule has 0 saturated carbocycles. The molecule has 0 spiro atoms. The first-order valence-electron chi connectivity index (χ1n) is 11.7. The molecule has 0 aliphatic carbocycles. The maximum Gasteiger partial charge on any atom is 0.263 e. The molecule has 12 heteroatoms. The molecule has 0 atom stereocenters. The van der Waals surface area contributed by atoms with Crippen LogP contribution in [0.3, 0.4) is 0 Å². The van der Waals surface area contributed by atoms with Gasteiger partial charge < -0.3 is 20.5 Å². The second kappa shape index (κ2) is 12.4. The Kier molecular flexibility index (Phi) is 9.28. The molecule has 1 amide bonds. The van der Waals surface area contributed by atoms with Crippen molar-refractivity contribution in [2.75, 3.05) is 42.6 Å². The van der Waals surface area contributed by atoms with Crippen LogP contribution in [0.1, 0.15) is 14.4 Å². The summed E-state index contributed by atoms with van der Waals surface area (Å²) >= 11 is 0. The molecular formula is C27H32N6O5S. The number of fused-ring (bicyclic) bond motifs is 1. The maximum absolute atomic E-state index is 13.4. The third-order valence-electron chi connectivity index (χ3n) is 5.57. The van der Waals surface area contributed by atoms with Gasteiger partial charge in [0, 0.05) is 29.6 Å². The predicted molar refractivity (Wildman–Crippen MR) is 153 cm³/mol. The van der Waals surface area contributed by atoms with Gasteiger partial charge >= 0.3 is 0 Å². The van der Waals surface area contributed by atoms with E-state index < -0.39 is 10.0 Å². The minimum Gasteiger partial charge on any atom is -0.508 e. The molecule has 0 unspecified atom stereocenters. The fraction of sp³-hybridized carbons (Fsp3) is 0.222. The molecular weight excluding hydrogens is 520 g/mol. The quantitative estimate of drug-likeness (QED) is 0.225. The summed E-state index contributed by atoms with van der Waals surface area (Å²) in [6.45, 7) is 2.81. The zero-order chi connectivity index (χ0) is 27.3. The summed E-state index contributed by atoms with van der Waals surface area (Å²) in [4.78, 5) is 23.0. The Hall–Kier alpha value is -4.42. The highest BCUT2D eigenvalue weighted by molar-refractivity contribution is 7.92. The molecule has 0 radical (unpaired) electrons. The smallest absolute Gasteiger partial charge is 0.263 e. The van der Waals surface area contributed by atoms with E-state index in [-0.39, 0.29) is 42.2 Å². The van der Waals surface area contributed by atoms with Gasteiger partial charge in [-0.05, 0) is 43.9 Å². The molecule has 4 rings (SSSR count). The van der Waals surface area contributed by atoms with Gasteiger partial charge in [0.05, 0.1) is 29.6 Å². The molecule has 3 aromatic carbocycles. The number of hydrogen-bond acceptors (Lipinski definition) is 9. The fourth-order valence-corrected chi connectivity index (χ4v) is 4.61. The number of methoxy groups -OCH3 is 1. The number of benzene rings is 3. The van der Waals surface area contributed by atoms with E-state index >= 15 is 0 Å². The van der Waals surface area contributed by atoms with Gasteiger partial charge in [0.2, 0.25) is 5.91 Å². The van der Waals surface area contributed by atoms with E-state index in [0.717, 1.165) is 0 Å². The molecule has 39 heavy (non-hydrogen) atoms. The average Bonchev–Trinajstić information content (AvgIpc) is 2.88. The van der Waals surface area contributed by atoms with E-state index in [2.05, 4.69) is 25.3 Å². The molecule has 4 aromatic rings. The molecule has 0 aliphatic rings. The number of aromatic nitrogens is 2. The predicted octanol–water partition coefficient (Wildman–Crippen LogP) is 4.41.